The maximum absolute atomic E-state index is 2.41. The van der Waals surface area contributed by atoms with Gasteiger partial charge in [0.15, 0.2) is 0 Å². The van der Waals surface area contributed by atoms with Gasteiger partial charge >= 0.3 is 0 Å². The molecule has 0 amide bonds. The van der Waals surface area contributed by atoms with E-state index in [2.05, 4.69) is 30.1 Å². The van der Waals surface area contributed by atoms with Gasteiger partial charge in [0, 0.05) is 0 Å². The van der Waals surface area contributed by atoms with Gasteiger partial charge in [0.1, 0.15) is 0 Å². The second kappa shape index (κ2) is 6.71. The molecule has 2 aliphatic rings. The molecule has 0 saturated heterocycles. The van der Waals surface area contributed by atoms with E-state index < -0.39 is 0 Å². The van der Waals surface area contributed by atoms with Gasteiger partial charge in [0.2, 0.25) is 0 Å². The Labute approximate surface area is 118 Å². The zero-order valence-electron chi connectivity index (χ0n) is 11.8. The summed E-state index contributed by atoms with van der Waals surface area (Å²) in [4.78, 5) is 0. The second-order valence-electron chi connectivity index (χ2n) is 5.98. The van der Waals surface area contributed by atoms with Crippen molar-refractivity contribution in [1.82, 2.24) is 0 Å². The van der Waals surface area contributed by atoms with Crippen LogP contribution in [0.15, 0.2) is 24.3 Å². The largest absolute Gasteiger partial charge is 0.0616 e. The van der Waals surface area contributed by atoms with Crippen LogP contribution in [0.25, 0.3) is 11.1 Å². The van der Waals surface area contributed by atoms with Gasteiger partial charge in [0.25, 0.3) is 0 Å². The first kappa shape index (κ1) is 13.4. The van der Waals surface area contributed by atoms with E-state index in [9.17, 15) is 0 Å². The molecule has 3 rings (SSSR count). The van der Waals surface area contributed by atoms with Crippen molar-refractivity contribution in [2.24, 2.45) is 5.92 Å². The zero-order chi connectivity index (χ0) is 12.9. The van der Waals surface area contributed by atoms with Crippen LogP contribution < -0.4 is 10.4 Å². The van der Waals surface area contributed by atoms with Gasteiger partial charge in [-0.2, -0.15) is 0 Å². The third-order valence-electron chi connectivity index (χ3n) is 4.57. The van der Waals surface area contributed by atoms with Crippen molar-refractivity contribution >= 4 is 19.7 Å². The lowest BCUT2D eigenvalue weighted by Crippen LogP contribution is -2.24. The van der Waals surface area contributed by atoms with Crippen molar-refractivity contribution in [2.75, 3.05) is 0 Å². The number of fused-ring (bicyclic) bond motifs is 1. The minimum absolute atomic E-state index is 0.847. The van der Waals surface area contributed by atoms with E-state index in [0.717, 1.165) is 5.92 Å². The van der Waals surface area contributed by atoms with Crippen molar-refractivity contribution in [3.8, 4) is 0 Å². The summed E-state index contributed by atoms with van der Waals surface area (Å²) < 4.78 is 0. The smallest absolute Gasteiger partial charge is 0.0137 e. The lowest BCUT2D eigenvalue weighted by atomic mass is 9.91. The van der Waals surface area contributed by atoms with Crippen molar-refractivity contribution in [2.45, 2.75) is 57.8 Å². The topological polar surface area (TPSA) is 0 Å². The van der Waals surface area contributed by atoms with E-state index in [1.54, 1.807) is 10.5 Å². The predicted octanol–water partition coefficient (Wildman–Crippen LogP) is 4.63. The van der Waals surface area contributed by atoms with Gasteiger partial charge in [-0.15, -0.1) is 0 Å². The Kier molecular flexibility index (Phi) is 4.72. The van der Waals surface area contributed by atoms with Crippen molar-refractivity contribution in [3.63, 3.8) is 0 Å². The summed E-state index contributed by atoms with van der Waals surface area (Å²) in [5.74, 6) is 3.25. The summed E-state index contributed by atoms with van der Waals surface area (Å²) in [5.41, 5.74) is 0. The van der Waals surface area contributed by atoms with E-state index in [4.69, 9.17) is 0 Å². The summed E-state index contributed by atoms with van der Waals surface area (Å²) in [7, 11) is 1.47. The quantitative estimate of drug-likeness (QED) is 0.653. The molecule has 1 aliphatic heterocycles. The maximum atomic E-state index is 2.41. The molecule has 1 aliphatic carbocycles. The Morgan fingerprint density at radius 1 is 0.789 bits per heavy atom. The predicted molar refractivity (Wildman–Crippen MR) is 85.5 cm³/mol. The van der Waals surface area contributed by atoms with E-state index in [-0.39, 0.29) is 0 Å². The number of rotatable bonds is 1. The number of benzene rings is 1. The summed E-state index contributed by atoms with van der Waals surface area (Å²) in [6.45, 7) is 0. The number of hydrogen-bond donors (Lipinski definition) is 0. The van der Waals surface area contributed by atoms with E-state index >= 15 is 0 Å². The van der Waals surface area contributed by atoms with Gasteiger partial charge in [-0.05, 0) is 48.9 Å². The molecule has 1 aromatic rings. The Bertz CT molecular complexity index is 519. The lowest BCUT2D eigenvalue weighted by molar-refractivity contribution is 0.455. The monoisotopic (exact) mass is 271 g/mol. The highest BCUT2D eigenvalue weighted by molar-refractivity contribution is 7.58. The van der Waals surface area contributed by atoms with Crippen molar-refractivity contribution in [1.29, 1.82) is 0 Å². The normalized spacial score (nSPS) is 23.1. The summed E-state index contributed by atoms with van der Waals surface area (Å²) in [6.07, 6.45) is 13.0. The van der Waals surface area contributed by atoms with Gasteiger partial charge < -0.3 is 0 Å². The molecular weight excluding hydrogens is 247 g/mol. The fourth-order valence-corrected chi connectivity index (χ4v) is 4.77. The third kappa shape index (κ3) is 3.29. The van der Waals surface area contributed by atoms with Crippen LogP contribution in [0.3, 0.4) is 0 Å². The molecule has 0 unspecified atom stereocenters. The van der Waals surface area contributed by atoms with Crippen LogP contribution in [0.5, 0.6) is 0 Å². The molecule has 0 N–H and O–H groups in total. The zero-order valence-corrected chi connectivity index (χ0v) is 12.7. The highest BCUT2D eigenvalue weighted by Gasteiger charge is 2.18. The second-order valence-corrected chi connectivity index (χ2v) is 6.98. The highest BCUT2D eigenvalue weighted by atomic mass is 31.1. The fraction of sp³-hybridized carbons (Fsp3) is 0.556. The first-order valence-corrected chi connectivity index (χ1v) is 8.92. The Hall–Kier alpha value is -0.610. The van der Waals surface area contributed by atoms with Crippen LogP contribution >= 0.6 is 8.58 Å². The highest BCUT2D eigenvalue weighted by Crippen LogP contribution is 2.39. The average Bonchev–Trinajstić information content (AvgIpc) is 2.88. The molecule has 0 nitrogen and oxygen atoms in total. The SMILES string of the molecule is C1=c2ccccc2=C(C2CCCCCCCCC2)[P]1. The van der Waals surface area contributed by atoms with Gasteiger partial charge in [-0.1, -0.05) is 69.2 Å². The lowest BCUT2D eigenvalue weighted by Gasteiger charge is -2.19. The molecule has 0 bridgehead atoms. The van der Waals surface area contributed by atoms with Crippen LogP contribution in [0.2, 0.25) is 0 Å². The molecule has 0 aromatic heterocycles. The first-order chi connectivity index (χ1) is 9.45. The standard InChI is InChI=1S/C18H24P/c1-2-4-6-10-15(11-7-5-3-1)18-17-13-9-8-12-16(17)14-19-18/h8-9,12-15H,1-7,10-11H2. The molecule has 0 spiro atoms. The Balaban J connectivity index is 1.82. The maximum Gasteiger partial charge on any atom is -0.0137 e. The fourth-order valence-electron chi connectivity index (χ4n) is 3.46. The molecule has 1 aromatic carbocycles. The molecule has 1 fully saturated rings. The minimum atomic E-state index is 0.847. The molecule has 1 heteroatoms. The molecule has 1 saturated carbocycles. The van der Waals surface area contributed by atoms with Crippen molar-refractivity contribution < 1.29 is 0 Å². The van der Waals surface area contributed by atoms with Crippen LogP contribution in [0.4, 0.5) is 0 Å². The van der Waals surface area contributed by atoms with Crippen LogP contribution in [0.1, 0.15) is 57.8 Å². The van der Waals surface area contributed by atoms with Gasteiger partial charge in [-0.3, -0.25) is 0 Å². The number of hydrogen-bond acceptors (Lipinski definition) is 0. The third-order valence-corrected chi connectivity index (χ3v) is 5.86. The van der Waals surface area contributed by atoms with Gasteiger partial charge in [-0.25, -0.2) is 0 Å². The molecule has 1 heterocycles. The molecular formula is C18H24P. The van der Waals surface area contributed by atoms with Crippen LogP contribution in [-0.4, -0.2) is 0 Å². The summed E-state index contributed by atoms with van der Waals surface area (Å²) in [6, 6.07) is 8.98. The first-order valence-electron chi connectivity index (χ1n) is 7.95. The summed E-state index contributed by atoms with van der Waals surface area (Å²) in [5, 5.41) is 4.73. The molecule has 19 heavy (non-hydrogen) atoms. The average molecular weight is 271 g/mol. The van der Waals surface area contributed by atoms with E-state index in [0.29, 0.717) is 0 Å². The van der Waals surface area contributed by atoms with E-state index in [1.807, 2.05) is 0 Å². The van der Waals surface area contributed by atoms with Crippen LogP contribution in [-0.2, 0) is 0 Å². The Morgan fingerprint density at radius 2 is 1.42 bits per heavy atom. The molecule has 1 radical (unpaired) electrons. The van der Waals surface area contributed by atoms with E-state index in [1.165, 1.54) is 71.6 Å². The van der Waals surface area contributed by atoms with Crippen molar-refractivity contribution in [3.05, 3.63) is 34.7 Å². The van der Waals surface area contributed by atoms with Crippen LogP contribution in [0, 0.1) is 5.92 Å². The summed E-state index contributed by atoms with van der Waals surface area (Å²) >= 11 is 0. The minimum Gasteiger partial charge on any atom is -0.0616 e. The molecule has 0 atom stereocenters. The molecule has 101 valence electrons. The Morgan fingerprint density at radius 3 is 2.16 bits per heavy atom. The van der Waals surface area contributed by atoms with Gasteiger partial charge in [0.05, 0.1) is 0 Å².